The number of pyridine rings is 1. The number of fused-ring (bicyclic) bond motifs is 1. The summed E-state index contributed by atoms with van der Waals surface area (Å²) in [6, 6.07) is 17.8. The summed E-state index contributed by atoms with van der Waals surface area (Å²) in [4.78, 5) is 26.1. The lowest BCUT2D eigenvalue weighted by molar-refractivity contribution is -0.890. The van der Waals surface area contributed by atoms with E-state index in [0.717, 1.165) is 47.0 Å². The number of methoxy groups -OCH3 is 2. The van der Waals surface area contributed by atoms with E-state index >= 15 is 0 Å². The van der Waals surface area contributed by atoms with Crippen molar-refractivity contribution in [1.82, 2.24) is 10.3 Å². The highest BCUT2D eigenvalue weighted by Gasteiger charge is 2.16. The molecule has 2 aromatic carbocycles. The average Bonchev–Trinajstić information content (AvgIpc) is 2.95. The zero-order valence-electron chi connectivity index (χ0n) is 23.7. The van der Waals surface area contributed by atoms with Crippen molar-refractivity contribution in [1.29, 1.82) is 0 Å². The fraction of sp³-hybridized carbons (Fsp3) is 0.433. The number of aliphatic imine (C=N–C) groups is 2. The van der Waals surface area contributed by atoms with E-state index in [0.29, 0.717) is 49.1 Å². The second kappa shape index (κ2) is 15.0. The van der Waals surface area contributed by atoms with Gasteiger partial charge in [0.2, 0.25) is 0 Å². The summed E-state index contributed by atoms with van der Waals surface area (Å²) in [5, 5.41) is 3.79. The molecule has 0 fully saturated rings. The maximum atomic E-state index is 13.2. The number of likely N-dealkylation sites (N-methyl/N-ethyl adjacent to an activating group) is 1. The van der Waals surface area contributed by atoms with Crippen molar-refractivity contribution in [2.75, 3.05) is 74.3 Å². The zero-order valence-corrected chi connectivity index (χ0v) is 23.7. The quantitative estimate of drug-likeness (QED) is 0.178. The molecule has 0 atom stereocenters. The van der Waals surface area contributed by atoms with Crippen molar-refractivity contribution < 1.29 is 23.5 Å². The Balaban J connectivity index is 1.57. The minimum absolute atomic E-state index is 0.165. The lowest BCUT2D eigenvalue weighted by Gasteiger charge is -2.29. The molecule has 0 saturated heterocycles. The van der Waals surface area contributed by atoms with Crippen LogP contribution in [0, 0.1) is 0 Å². The van der Waals surface area contributed by atoms with Gasteiger partial charge >= 0.3 is 0 Å². The van der Waals surface area contributed by atoms with Gasteiger partial charge in [-0.1, -0.05) is 18.2 Å². The maximum Gasteiger partial charge on any atom is 0.252 e. The molecule has 9 heteroatoms. The van der Waals surface area contributed by atoms with Gasteiger partial charge in [-0.05, 0) is 37.3 Å². The Morgan fingerprint density at radius 1 is 1.00 bits per heavy atom. The molecular formula is C30H40N5O4+. The van der Waals surface area contributed by atoms with Crippen molar-refractivity contribution in [2.45, 2.75) is 13.3 Å². The Labute approximate surface area is 231 Å². The van der Waals surface area contributed by atoms with Crippen molar-refractivity contribution in [3.63, 3.8) is 0 Å². The summed E-state index contributed by atoms with van der Waals surface area (Å²) < 4.78 is 17.5. The number of carbonyl (C=O) groups is 1. The Kier molecular flexibility index (Phi) is 11.4. The lowest BCUT2D eigenvalue weighted by atomic mass is 10.0. The van der Waals surface area contributed by atoms with Crippen LogP contribution in [0.3, 0.4) is 0 Å². The van der Waals surface area contributed by atoms with E-state index in [1.807, 2.05) is 55.5 Å². The van der Waals surface area contributed by atoms with Crippen LogP contribution in [0.15, 0.2) is 58.5 Å². The first-order chi connectivity index (χ1) is 18.9. The molecule has 9 nitrogen and oxygen atoms in total. The largest absolute Gasteiger partial charge is 0.493 e. The Morgan fingerprint density at radius 2 is 1.79 bits per heavy atom. The van der Waals surface area contributed by atoms with E-state index in [1.54, 1.807) is 14.2 Å². The van der Waals surface area contributed by atoms with E-state index < -0.39 is 0 Å². The molecule has 0 spiro atoms. The van der Waals surface area contributed by atoms with Crippen LogP contribution in [0.4, 0.5) is 0 Å². The lowest BCUT2D eigenvalue weighted by Crippen LogP contribution is -2.43. The summed E-state index contributed by atoms with van der Waals surface area (Å²) >= 11 is 0. The summed E-state index contributed by atoms with van der Waals surface area (Å²) in [5.74, 6) is 1.07. The summed E-state index contributed by atoms with van der Waals surface area (Å²) in [7, 11) is 7.55. The van der Waals surface area contributed by atoms with Gasteiger partial charge in [-0.3, -0.25) is 4.79 Å². The summed E-state index contributed by atoms with van der Waals surface area (Å²) in [6.07, 6.45) is 0.973. The molecule has 0 aliphatic carbocycles. The van der Waals surface area contributed by atoms with Crippen LogP contribution in [0.1, 0.15) is 23.7 Å². The molecule has 208 valence electrons. The van der Waals surface area contributed by atoms with Gasteiger partial charge in [0.15, 0.2) is 11.5 Å². The zero-order chi connectivity index (χ0) is 28.1. The van der Waals surface area contributed by atoms with E-state index in [1.165, 1.54) is 0 Å². The molecule has 3 rings (SSSR count). The number of carbonyl (C=O) groups excluding carboxylic acids is 1. The van der Waals surface area contributed by atoms with Gasteiger partial charge in [-0.15, -0.1) is 0 Å². The predicted octanol–water partition coefficient (Wildman–Crippen LogP) is 4.33. The van der Waals surface area contributed by atoms with Crippen molar-refractivity contribution in [3.05, 3.63) is 54.1 Å². The molecule has 1 amide bonds. The molecule has 0 aliphatic rings. The predicted molar refractivity (Wildman–Crippen MR) is 155 cm³/mol. The van der Waals surface area contributed by atoms with Crippen LogP contribution in [-0.2, 0) is 4.74 Å². The number of para-hydroxylation sites is 1. The second-order valence-electron chi connectivity index (χ2n) is 9.70. The van der Waals surface area contributed by atoms with Crippen LogP contribution in [-0.4, -0.2) is 95.6 Å². The van der Waals surface area contributed by atoms with Crippen molar-refractivity contribution >= 4 is 22.8 Å². The van der Waals surface area contributed by atoms with Crippen molar-refractivity contribution in [3.8, 4) is 22.8 Å². The molecule has 1 aromatic heterocycles. The smallest absolute Gasteiger partial charge is 0.252 e. The van der Waals surface area contributed by atoms with Crippen LogP contribution in [0.5, 0.6) is 11.5 Å². The topological polar surface area (TPSA) is 94.4 Å². The summed E-state index contributed by atoms with van der Waals surface area (Å²) in [5.41, 5.74) is 2.82. The Hall–Kier alpha value is -3.78. The highest BCUT2D eigenvalue weighted by Crippen LogP contribution is 2.33. The van der Waals surface area contributed by atoms with Crippen molar-refractivity contribution in [2.24, 2.45) is 9.98 Å². The molecular weight excluding hydrogens is 494 g/mol. The molecule has 0 unspecified atom stereocenters. The minimum Gasteiger partial charge on any atom is -0.493 e. The number of rotatable bonds is 15. The van der Waals surface area contributed by atoms with Gasteiger partial charge in [0.25, 0.3) is 5.91 Å². The minimum atomic E-state index is -0.165. The molecule has 3 aromatic rings. The van der Waals surface area contributed by atoms with E-state index in [2.05, 4.69) is 35.4 Å². The first kappa shape index (κ1) is 29.8. The standard InChI is InChI=1S/C30H39N5O4/c1-6-31-22-32-14-9-16-35(2,3)17-19-39-18-15-33-30(36)25-21-27(34-26-11-8-7-10-24(25)26)23-12-13-28(37-4)29(20-23)38-5/h7-8,10-13,20-21H,6,9,14-19H2,1-5H3/p+1. The number of nitrogens with one attached hydrogen (secondary N) is 1. The average molecular weight is 535 g/mol. The van der Waals surface area contributed by atoms with E-state index in [4.69, 9.17) is 19.2 Å². The fourth-order valence-electron chi connectivity index (χ4n) is 4.11. The van der Waals surface area contributed by atoms with Gasteiger partial charge < -0.3 is 24.0 Å². The van der Waals surface area contributed by atoms with Gasteiger partial charge in [0.1, 0.15) is 6.54 Å². The second-order valence-corrected chi connectivity index (χ2v) is 9.70. The molecule has 0 saturated carbocycles. The number of aromatic nitrogens is 1. The number of hydrogen-bond acceptors (Lipinski definition) is 7. The number of ether oxygens (including phenoxy) is 3. The summed E-state index contributed by atoms with van der Waals surface area (Å²) in [6.45, 7) is 6.75. The maximum absolute atomic E-state index is 13.2. The molecule has 1 N–H and O–H groups in total. The SMILES string of the molecule is CCN=C=NCCC[N+](C)(C)CCOCCNC(=O)c1cc(-c2ccc(OC)c(OC)c2)nc2ccccc12. The fourth-order valence-corrected chi connectivity index (χ4v) is 4.11. The number of hydrogen-bond donors (Lipinski definition) is 1. The molecule has 1 heterocycles. The van der Waals surface area contributed by atoms with E-state index in [-0.39, 0.29) is 5.91 Å². The Morgan fingerprint density at radius 3 is 2.56 bits per heavy atom. The van der Waals surface area contributed by atoms with Gasteiger partial charge in [-0.25, -0.2) is 15.0 Å². The normalized spacial score (nSPS) is 11.1. The number of benzene rings is 2. The van der Waals surface area contributed by atoms with Crippen LogP contribution in [0.25, 0.3) is 22.2 Å². The third kappa shape index (κ3) is 8.89. The number of nitrogens with zero attached hydrogens (tertiary/aromatic N) is 4. The number of amides is 1. The highest BCUT2D eigenvalue weighted by atomic mass is 16.5. The molecule has 0 aliphatic heterocycles. The Bertz CT molecular complexity index is 1300. The first-order valence-corrected chi connectivity index (χ1v) is 13.3. The van der Waals surface area contributed by atoms with E-state index in [9.17, 15) is 4.79 Å². The van der Waals surface area contributed by atoms with Gasteiger partial charge in [-0.2, -0.15) is 0 Å². The molecule has 0 radical (unpaired) electrons. The third-order valence-corrected chi connectivity index (χ3v) is 6.35. The first-order valence-electron chi connectivity index (χ1n) is 13.3. The third-order valence-electron chi connectivity index (χ3n) is 6.35. The van der Waals surface area contributed by atoms with Crippen LogP contribution < -0.4 is 14.8 Å². The van der Waals surface area contributed by atoms with Gasteiger partial charge in [0.05, 0.1) is 77.4 Å². The van der Waals surface area contributed by atoms with Crippen LogP contribution >= 0.6 is 0 Å². The van der Waals surface area contributed by atoms with Crippen LogP contribution in [0.2, 0.25) is 0 Å². The molecule has 39 heavy (non-hydrogen) atoms. The number of quaternary nitrogens is 1. The van der Waals surface area contributed by atoms with Gasteiger partial charge in [0, 0.05) is 30.5 Å². The highest BCUT2D eigenvalue weighted by molar-refractivity contribution is 6.07. The molecule has 0 bridgehead atoms. The monoisotopic (exact) mass is 534 g/mol.